The van der Waals surface area contributed by atoms with Gasteiger partial charge in [0.15, 0.2) is 0 Å². The maximum Gasteiger partial charge on any atom is 0.223 e. The Morgan fingerprint density at radius 3 is 1.73 bits per heavy atom. The van der Waals surface area contributed by atoms with Crippen LogP contribution in [0, 0.1) is 23.2 Å². The summed E-state index contributed by atoms with van der Waals surface area (Å²) < 4.78 is 5.72. The quantitative estimate of drug-likeness (QED) is 0.604. The Hall–Kier alpha value is -1.10. The fourth-order valence-corrected chi connectivity index (χ4v) is 2.20. The number of hydrogen-bond donors (Lipinski definition) is 2. The second-order valence-electron chi connectivity index (χ2n) is 9.50. The minimum atomic E-state index is -0.572. The fraction of sp³-hybridized carbons (Fsp3) is 0.905. The number of amides is 2. The van der Waals surface area contributed by atoms with Crippen molar-refractivity contribution in [1.29, 1.82) is 0 Å². The first-order chi connectivity index (χ1) is 11.6. The number of nitrogens with one attached hydrogen (secondary N) is 1. The maximum atomic E-state index is 11.5. The van der Waals surface area contributed by atoms with Crippen LogP contribution in [0.5, 0.6) is 0 Å². The molecule has 0 rings (SSSR count). The van der Waals surface area contributed by atoms with Gasteiger partial charge >= 0.3 is 0 Å². The van der Waals surface area contributed by atoms with Crippen molar-refractivity contribution < 1.29 is 14.3 Å². The van der Waals surface area contributed by atoms with E-state index in [4.69, 9.17) is 10.5 Å². The standard InChI is InChI=1S/C14H28N2O3.C7H16/c1-10(2)11(17)16-9-14(5,6)19-8-7-13(3,4)12(15)18;1-6(2)5-7(3)4/h10H,7-9H2,1-6H3,(H2,15,18)(H,16,17);6-7H,5H2,1-4H3. The molecule has 0 aliphatic heterocycles. The Labute approximate surface area is 161 Å². The highest BCUT2D eigenvalue weighted by Gasteiger charge is 2.27. The average Bonchev–Trinajstić information content (AvgIpc) is 2.43. The number of hydrogen-bond acceptors (Lipinski definition) is 3. The minimum absolute atomic E-state index is 0.00846. The first kappa shape index (κ1) is 27.1. The summed E-state index contributed by atoms with van der Waals surface area (Å²) in [6, 6.07) is 0. The molecule has 0 spiro atoms. The van der Waals surface area contributed by atoms with E-state index < -0.39 is 11.0 Å². The van der Waals surface area contributed by atoms with E-state index in [9.17, 15) is 9.59 Å². The van der Waals surface area contributed by atoms with Gasteiger partial charge in [0.05, 0.1) is 5.60 Å². The Morgan fingerprint density at radius 1 is 0.962 bits per heavy atom. The zero-order valence-electron chi connectivity index (χ0n) is 18.9. The summed E-state index contributed by atoms with van der Waals surface area (Å²) in [6.07, 6.45) is 1.92. The molecule has 0 aliphatic rings. The van der Waals surface area contributed by atoms with Gasteiger partial charge in [0.25, 0.3) is 0 Å². The van der Waals surface area contributed by atoms with Crippen molar-refractivity contribution in [3.8, 4) is 0 Å². The van der Waals surface area contributed by atoms with Gasteiger partial charge in [-0.3, -0.25) is 9.59 Å². The molecule has 0 aromatic rings. The van der Waals surface area contributed by atoms with Gasteiger partial charge in [-0.05, 0) is 38.5 Å². The maximum absolute atomic E-state index is 11.5. The molecule has 0 unspecified atom stereocenters. The normalized spacial score (nSPS) is 12.2. The van der Waals surface area contributed by atoms with Crippen LogP contribution in [0.25, 0.3) is 0 Å². The summed E-state index contributed by atoms with van der Waals surface area (Å²) in [6.45, 7) is 21.0. The van der Waals surface area contributed by atoms with Crippen LogP contribution < -0.4 is 11.1 Å². The predicted octanol–water partition coefficient (Wildman–Crippen LogP) is 4.14. The number of ether oxygens (including phenoxy) is 1. The molecule has 0 aromatic carbocycles. The summed E-state index contributed by atoms with van der Waals surface area (Å²) in [5.74, 6) is 1.39. The molecular formula is C21H44N2O3. The number of carbonyl (C=O) groups excluding carboxylic acids is 2. The van der Waals surface area contributed by atoms with Crippen LogP contribution in [0.15, 0.2) is 0 Å². The van der Waals surface area contributed by atoms with Crippen molar-refractivity contribution in [2.75, 3.05) is 13.2 Å². The Bertz CT molecular complexity index is 407. The van der Waals surface area contributed by atoms with Crippen LogP contribution in [-0.4, -0.2) is 30.6 Å². The Kier molecular flexibility index (Phi) is 12.8. The summed E-state index contributed by atoms with van der Waals surface area (Å²) >= 11 is 0. The third kappa shape index (κ3) is 15.2. The molecule has 0 atom stereocenters. The van der Waals surface area contributed by atoms with E-state index in [0.717, 1.165) is 11.8 Å². The van der Waals surface area contributed by atoms with Crippen molar-refractivity contribution in [2.24, 2.45) is 28.9 Å². The van der Waals surface area contributed by atoms with Crippen LogP contribution in [-0.2, 0) is 14.3 Å². The Morgan fingerprint density at radius 2 is 1.42 bits per heavy atom. The van der Waals surface area contributed by atoms with E-state index in [1.54, 1.807) is 13.8 Å². The zero-order chi connectivity index (χ0) is 21.1. The highest BCUT2D eigenvalue weighted by molar-refractivity contribution is 5.79. The van der Waals surface area contributed by atoms with Crippen LogP contribution in [0.1, 0.15) is 82.1 Å². The Balaban J connectivity index is 0. The molecule has 0 fully saturated rings. The van der Waals surface area contributed by atoms with Crippen molar-refractivity contribution >= 4 is 11.8 Å². The smallest absolute Gasteiger partial charge is 0.223 e. The van der Waals surface area contributed by atoms with Crippen molar-refractivity contribution in [3.05, 3.63) is 0 Å². The van der Waals surface area contributed by atoms with E-state index in [1.807, 2.05) is 27.7 Å². The largest absolute Gasteiger partial charge is 0.374 e. The molecule has 3 N–H and O–H groups in total. The van der Waals surface area contributed by atoms with Crippen molar-refractivity contribution in [3.63, 3.8) is 0 Å². The van der Waals surface area contributed by atoms with Gasteiger partial charge in [-0.1, -0.05) is 55.4 Å². The van der Waals surface area contributed by atoms with Crippen molar-refractivity contribution in [2.45, 2.75) is 87.7 Å². The SMILES string of the molecule is CC(C)C(=O)NCC(C)(C)OCCC(C)(C)C(N)=O.CC(C)CC(C)C. The summed E-state index contributed by atoms with van der Waals surface area (Å²) in [5.41, 5.74) is 4.27. The lowest BCUT2D eigenvalue weighted by atomic mass is 9.89. The van der Waals surface area contributed by atoms with Gasteiger partial charge in [0, 0.05) is 24.5 Å². The van der Waals surface area contributed by atoms with Crippen LogP contribution in [0.3, 0.4) is 0 Å². The zero-order valence-corrected chi connectivity index (χ0v) is 18.9. The molecule has 5 heteroatoms. The molecule has 26 heavy (non-hydrogen) atoms. The van der Waals surface area contributed by atoms with Gasteiger partial charge in [-0.15, -0.1) is 0 Å². The summed E-state index contributed by atoms with van der Waals surface area (Å²) in [4.78, 5) is 22.7. The molecular weight excluding hydrogens is 328 g/mol. The van der Waals surface area contributed by atoms with E-state index in [1.165, 1.54) is 6.42 Å². The molecule has 5 nitrogen and oxygen atoms in total. The molecule has 2 amide bonds. The fourth-order valence-electron chi connectivity index (χ4n) is 2.20. The minimum Gasteiger partial charge on any atom is -0.374 e. The van der Waals surface area contributed by atoms with Gasteiger partial charge in [-0.25, -0.2) is 0 Å². The number of rotatable bonds is 10. The lowest BCUT2D eigenvalue weighted by Crippen LogP contribution is -2.42. The van der Waals surface area contributed by atoms with Gasteiger partial charge in [0.2, 0.25) is 11.8 Å². The lowest BCUT2D eigenvalue weighted by molar-refractivity contribution is -0.128. The molecule has 0 aromatic heterocycles. The number of nitrogens with two attached hydrogens (primary N) is 1. The summed E-state index contributed by atoms with van der Waals surface area (Å²) in [5, 5.41) is 2.84. The van der Waals surface area contributed by atoms with E-state index in [0.29, 0.717) is 19.6 Å². The molecule has 156 valence electrons. The third-order valence-corrected chi connectivity index (χ3v) is 4.04. The molecule has 0 saturated heterocycles. The number of carbonyl (C=O) groups is 2. The summed E-state index contributed by atoms with van der Waals surface area (Å²) in [7, 11) is 0. The van der Waals surface area contributed by atoms with Gasteiger partial charge in [-0.2, -0.15) is 0 Å². The second-order valence-corrected chi connectivity index (χ2v) is 9.50. The van der Waals surface area contributed by atoms with Crippen LogP contribution >= 0.6 is 0 Å². The molecule has 0 bridgehead atoms. The van der Waals surface area contributed by atoms with Crippen molar-refractivity contribution in [1.82, 2.24) is 5.32 Å². The first-order valence-electron chi connectivity index (χ1n) is 9.82. The van der Waals surface area contributed by atoms with E-state index in [2.05, 4.69) is 33.0 Å². The predicted molar refractivity (Wildman–Crippen MR) is 110 cm³/mol. The van der Waals surface area contributed by atoms with Crippen LogP contribution in [0.2, 0.25) is 0 Å². The third-order valence-electron chi connectivity index (χ3n) is 4.04. The average molecular weight is 373 g/mol. The monoisotopic (exact) mass is 372 g/mol. The molecule has 0 aliphatic carbocycles. The topological polar surface area (TPSA) is 81.4 Å². The van der Waals surface area contributed by atoms with E-state index in [-0.39, 0.29) is 17.7 Å². The first-order valence-corrected chi connectivity index (χ1v) is 9.82. The van der Waals surface area contributed by atoms with Gasteiger partial charge in [0.1, 0.15) is 0 Å². The molecule has 0 radical (unpaired) electrons. The van der Waals surface area contributed by atoms with Gasteiger partial charge < -0.3 is 15.8 Å². The second kappa shape index (κ2) is 12.3. The molecule has 0 heterocycles. The molecule has 0 saturated carbocycles. The number of primary amides is 1. The van der Waals surface area contributed by atoms with Crippen LogP contribution in [0.4, 0.5) is 0 Å². The highest BCUT2D eigenvalue weighted by atomic mass is 16.5. The lowest BCUT2D eigenvalue weighted by Gasteiger charge is -2.28. The highest BCUT2D eigenvalue weighted by Crippen LogP contribution is 2.21. The van der Waals surface area contributed by atoms with E-state index >= 15 is 0 Å².